The third-order valence-electron chi connectivity index (χ3n) is 3.13. The molecule has 26 heavy (non-hydrogen) atoms. The number of ether oxygens (including phenoxy) is 1. The number of carboxylic acid groups (broad SMARTS) is 2. The minimum absolute atomic E-state index is 0.327. The van der Waals surface area contributed by atoms with Crippen LogP contribution in [0.2, 0.25) is 0 Å². The molecule has 0 aliphatic rings. The molecule has 0 saturated carbocycles. The Bertz CT molecular complexity index is 675. The normalized spacial score (nSPS) is 11.0. The highest BCUT2D eigenvalue weighted by molar-refractivity contribution is 6.27. The number of para-hydroxylation sites is 1. The van der Waals surface area contributed by atoms with Crippen molar-refractivity contribution in [2.75, 3.05) is 19.7 Å². The van der Waals surface area contributed by atoms with Crippen molar-refractivity contribution in [3.63, 3.8) is 0 Å². The van der Waals surface area contributed by atoms with Gasteiger partial charge < -0.3 is 25.4 Å². The molecule has 0 fully saturated rings. The zero-order valence-electron chi connectivity index (χ0n) is 14.5. The Morgan fingerprint density at radius 2 is 1.58 bits per heavy atom. The number of aliphatic hydroxyl groups excluding tert-OH is 1. The van der Waals surface area contributed by atoms with E-state index in [1.54, 1.807) is 6.92 Å². The van der Waals surface area contributed by atoms with Crippen molar-refractivity contribution in [2.45, 2.75) is 13.0 Å². The lowest BCUT2D eigenvalue weighted by Crippen LogP contribution is -2.28. The summed E-state index contributed by atoms with van der Waals surface area (Å²) in [6.07, 6.45) is -0.327. The van der Waals surface area contributed by atoms with E-state index in [0.29, 0.717) is 19.7 Å². The fourth-order valence-corrected chi connectivity index (χ4v) is 1.99. The number of rotatable bonds is 7. The summed E-state index contributed by atoms with van der Waals surface area (Å²) in [5.74, 6) is -2.76. The van der Waals surface area contributed by atoms with Crippen LogP contribution in [0.4, 0.5) is 0 Å². The van der Waals surface area contributed by atoms with Gasteiger partial charge in [-0.25, -0.2) is 9.59 Å². The van der Waals surface area contributed by atoms with Crippen LogP contribution in [0.3, 0.4) is 0 Å². The lowest BCUT2D eigenvalue weighted by molar-refractivity contribution is -0.159. The van der Waals surface area contributed by atoms with Crippen LogP contribution in [-0.2, 0) is 9.59 Å². The van der Waals surface area contributed by atoms with Crippen molar-refractivity contribution in [3.8, 4) is 16.9 Å². The molecule has 4 N–H and O–H groups in total. The molecule has 0 radical (unpaired) electrons. The smallest absolute Gasteiger partial charge is 0.414 e. The van der Waals surface area contributed by atoms with Gasteiger partial charge in [0, 0.05) is 18.7 Å². The number of benzene rings is 2. The Kier molecular flexibility index (Phi) is 9.45. The molecule has 2 aromatic carbocycles. The summed E-state index contributed by atoms with van der Waals surface area (Å²) in [6.45, 7) is 3.65. The second-order valence-corrected chi connectivity index (χ2v) is 5.37. The van der Waals surface area contributed by atoms with Gasteiger partial charge >= 0.3 is 11.9 Å². The van der Waals surface area contributed by atoms with E-state index < -0.39 is 11.9 Å². The zero-order chi connectivity index (χ0) is 19.4. The largest absolute Gasteiger partial charge is 0.492 e. The summed E-state index contributed by atoms with van der Waals surface area (Å²) < 4.78 is 5.83. The summed E-state index contributed by atoms with van der Waals surface area (Å²) in [5, 5.41) is 27.1. The fourth-order valence-electron chi connectivity index (χ4n) is 1.99. The predicted octanol–water partition coefficient (Wildman–Crippen LogP) is 1.86. The van der Waals surface area contributed by atoms with Crippen LogP contribution in [0.5, 0.6) is 5.75 Å². The fraction of sp³-hybridized carbons (Fsp3) is 0.263. The first-order chi connectivity index (χ1) is 12.4. The topological polar surface area (TPSA) is 116 Å². The summed E-state index contributed by atoms with van der Waals surface area (Å²) in [4.78, 5) is 18.2. The summed E-state index contributed by atoms with van der Waals surface area (Å²) in [6, 6.07) is 18.2. The second kappa shape index (κ2) is 11.6. The second-order valence-electron chi connectivity index (χ2n) is 5.37. The Morgan fingerprint density at radius 1 is 1.00 bits per heavy atom. The van der Waals surface area contributed by atoms with Crippen LogP contribution < -0.4 is 10.1 Å². The van der Waals surface area contributed by atoms with Crippen LogP contribution in [0, 0.1) is 0 Å². The van der Waals surface area contributed by atoms with E-state index in [1.807, 2.05) is 36.4 Å². The number of aliphatic hydroxyl groups is 1. The molecule has 0 heterocycles. The molecule has 140 valence electrons. The number of carboxylic acids is 2. The molecule has 0 spiro atoms. The van der Waals surface area contributed by atoms with Crippen LogP contribution in [0.25, 0.3) is 11.1 Å². The van der Waals surface area contributed by atoms with E-state index in [9.17, 15) is 0 Å². The van der Waals surface area contributed by atoms with Crippen LogP contribution in [-0.4, -0.2) is 53.1 Å². The lowest BCUT2D eigenvalue weighted by Gasteiger charge is -2.12. The molecule has 2 rings (SSSR count). The van der Waals surface area contributed by atoms with Crippen molar-refractivity contribution in [1.29, 1.82) is 0 Å². The summed E-state index contributed by atoms with van der Waals surface area (Å²) >= 11 is 0. The highest BCUT2D eigenvalue weighted by Gasteiger charge is 2.05. The van der Waals surface area contributed by atoms with E-state index in [1.165, 1.54) is 0 Å². The van der Waals surface area contributed by atoms with Gasteiger partial charge in [-0.05, 0) is 18.6 Å². The molecule has 0 aromatic heterocycles. The maximum Gasteiger partial charge on any atom is 0.414 e. The van der Waals surface area contributed by atoms with Gasteiger partial charge in [0.2, 0.25) is 0 Å². The van der Waals surface area contributed by atoms with Gasteiger partial charge in [-0.15, -0.1) is 0 Å². The third-order valence-corrected chi connectivity index (χ3v) is 3.13. The highest BCUT2D eigenvalue weighted by Crippen LogP contribution is 2.29. The van der Waals surface area contributed by atoms with Crippen LogP contribution in [0.15, 0.2) is 54.6 Å². The molecular weight excluding hydrogens is 338 g/mol. The van der Waals surface area contributed by atoms with E-state index >= 15 is 0 Å². The summed E-state index contributed by atoms with van der Waals surface area (Å²) in [5.41, 5.74) is 2.25. The van der Waals surface area contributed by atoms with E-state index in [-0.39, 0.29) is 6.10 Å². The molecule has 1 unspecified atom stereocenters. The van der Waals surface area contributed by atoms with Crippen molar-refractivity contribution in [2.24, 2.45) is 0 Å². The SMILES string of the molecule is CC(O)CNCCOc1ccccc1-c1ccccc1.O=C(O)C(=O)O. The van der Waals surface area contributed by atoms with E-state index in [0.717, 1.165) is 16.9 Å². The standard InChI is InChI=1S/C17H21NO2.C2H2O4/c1-14(19)13-18-11-12-20-17-10-6-5-9-16(17)15-7-3-2-4-8-15;3-1(4)2(5)6/h2-10,14,18-19H,11-13H2,1H3;(H,3,4)(H,5,6). The van der Waals surface area contributed by atoms with Gasteiger partial charge in [-0.3, -0.25) is 0 Å². The first kappa shape index (κ1) is 21.1. The van der Waals surface area contributed by atoms with Gasteiger partial charge in [-0.1, -0.05) is 48.5 Å². The van der Waals surface area contributed by atoms with Gasteiger partial charge in [0.1, 0.15) is 12.4 Å². The first-order valence-electron chi connectivity index (χ1n) is 8.04. The zero-order valence-corrected chi connectivity index (χ0v) is 14.5. The Labute approximate surface area is 151 Å². The van der Waals surface area contributed by atoms with Crippen molar-refractivity contribution in [1.82, 2.24) is 5.32 Å². The van der Waals surface area contributed by atoms with E-state index in [4.69, 9.17) is 29.6 Å². The predicted molar refractivity (Wildman–Crippen MR) is 97.2 cm³/mol. The summed E-state index contributed by atoms with van der Waals surface area (Å²) in [7, 11) is 0. The number of hydrogen-bond donors (Lipinski definition) is 4. The third kappa shape index (κ3) is 8.27. The van der Waals surface area contributed by atoms with Crippen LogP contribution in [0.1, 0.15) is 6.92 Å². The van der Waals surface area contributed by atoms with Crippen molar-refractivity contribution >= 4 is 11.9 Å². The quantitative estimate of drug-likeness (QED) is 0.439. The lowest BCUT2D eigenvalue weighted by atomic mass is 10.1. The molecule has 2 aromatic rings. The molecule has 0 aliphatic carbocycles. The first-order valence-corrected chi connectivity index (χ1v) is 8.04. The highest BCUT2D eigenvalue weighted by atomic mass is 16.5. The monoisotopic (exact) mass is 361 g/mol. The Hall–Kier alpha value is -2.90. The number of nitrogens with one attached hydrogen (secondary N) is 1. The van der Waals surface area contributed by atoms with Crippen molar-refractivity contribution < 1.29 is 29.6 Å². The Morgan fingerprint density at radius 3 is 2.15 bits per heavy atom. The van der Waals surface area contributed by atoms with Gasteiger partial charge in [0.25, 0.3) is 0 Å². The average Bonchev–Trinajstić information content (AvgIpc) is 2.63. The average molecular weight is 361 g/mol. The van der Waals surface area contributed by atoms with Gasteiger partial charge in [0.05, 0.1) is 6.10 Å². The molecule has 7 heteroatoms. The maximum absolute atomic E-state index is 9.16. The molecule has 0 amide bonds. The molecule has 1 atom stereocenters. The molecular formula is C19H23NO6. The number of aliphatic carboxylic acids is 2. The molecule has 0 saturated heterocycles. The maximum atomic E-state index is 9.16. The minimum atomic E-state index is -1.82. The number of carbonyl (C=O) groups is 2. The minimum Gasteiger partial charge on any atom is -0.492 e. The van der Waals surface area contributed by atoms with Crippen LogP contribution >= 0.6 is 0 Å². The molecule has 0 bridgehead atoms. The molecule has 0 aliphatic heterocycles. The van der Waals surface area contributed by atoms with Gasteiger partial charge in [0.15, 0.2) is 0 Å². The molecule has 7 nitrogen and oxygen atoms in total. The Balaban J connectivity index is 0.000000487. The number of hydrogen-bond acceptors (Lipinski definition) is 5. The van der Waals surface area contributed by atoms with E-state index in [2.05, 4.69) is 23.5 Å². The van der Waals surface area contributed by atoms with Crippen molar-refractivity contribution in [3.05, 3.63) is 54.6 Å². The van der Waals surface area contributed by atoms with Gasteiger partial charge in [-0.2, -0.15) is 0 Å².